The van der Waals surface area contributed by atoms with Crippen LogP contribution in [-0.2, 0) is 4.79 Å². The van der Waals surface area contributed by atoms with E-state index in [0.29, 0.717) is 37.5 Å². The lowest BCUT2D eigenvalue weighted by Gasteiger charge is -2.36. The van der Waals surface area contributed by atoms with E-state index in [0.717, 1.165) is 29.3 Å². The highest BCUT2D eigenvalue weighted by molar-refractivity contribution is 6.02. The van der Waals surface area contributed by atoms with Crippen molar-refractivity contribution < 1.29 is 18.7 Å². The lowest BCUT2D eigenvalue weighted by molar-refractivity contribution is -0.123. The third kappa shape index (κ3) is 4.92. The van der Waals surface area contributed by atoms with Crippen LogP contribution in [0.4, 0.5) is 10.1 Å². The molecule has 33 heavy (non-hydrogen) atoms. The summed E-state index contributed by atoms with van der Waals surface area (Å²) in [6.45, 7) is 2.29. The van der Waals surface area contributed by atoms with Crippen LogP contribution >= 0.6 is 0 Å². The van der Waals surface area contributed by atoms with E-state index < -0.39 is 0 Å². The Morgan fingerprint density at radius 1 is 0.939 bits per heavy atom. The zero-order valence-corrected chi connectivity index (χ0v) is 18.3. The predicted octanol–water partition coefficient (Wildman–Crippen LogP) is 3.60. The van der Waals surface area contributed by atoms with E-state index in [4.69, 9.17) is 4.74 Å². The van der Waals surface area contributed by atoms with Crippen molar-refractivity contribution in [1.82, 2.24) is 10.2 Å². The van der Waals surface area contributed by atoms with Crippen molar-refractivity contribution >= 4 is 28.3 Å². The number of halogens is 1. The Bertz CT molecular complexity index is 1170. The minimum Gasteiger partial charge on any atom is -0.483 e. The predicted molar refractivity (Wildman–Crippen MR) is 125 cm³/mol. The van der Waals surface area contributed by atoms with Gasteiger partial charge < -0.3 is 19.9 Å². The highest BCUT2D eigenvalue weighted by Crippen LogP contribution is 2.28. The number of hydrogen-bond donors (Lipinski definition) is 1. The van der Waals surface area contributed by atoms with Crippen LogP contribution in [0.2, 0.25) is 0 Å². The average Bonchev–Trinajstić information content (AvgIpc) is 3.66. The molecule has 3 aromatic carbocycles. The van der Waals surface area contributed by atoms with Crippen molar-refractivity contribution in [2.75, 3.05) is 37.7 Å². The van der Waals surface area contributed by atoms with Gasteiger partial charge in [-0.15, -0.1) is 0 Å². The van der Waals surface area contributed by atoms with Crippen LogP contribution < -0.4 is 15.0 Å². The van der Waals surface area contributed by atoms with Crippen molar-refractivity contribution in [2.24, 2.45) is 0 Å². The van der Waals surface area contributed by atoms with Crippen molar-refractivity contribution in [2.45, 2.75) is 18.9 Å². The molecule has 0 radical (unpaired) electrons. The number of hydrogen-bond acceptors (Lipinski definition) is 4. The van der Waals surface area contributed by atoms with E-state index in [1.54, 1.807) is 17.0 Å². The number of rotatable bonds is 6. The second-order valence-electron chi connectivity index (χ2n) is 8.58. The number of carbonyl (C=O) groups is 2. The maximum atomic E-state index is 13.5. The van der Waals surface area contributed by atoms with Crippen LogP contribution in [0.15, 0.2) is 60.7 Å². The van der Waals surface area contributed by atoms with Gasteiger partial charge in [0.25, 0.3) is 11.8 Å². The Morgan fingerprint density at radius 3 is 2.27 bits per heavy atom. The molecular formula is C26H26FN3O3. The summed E-state index contributed by atoms with van der Waals surface area (Å²) in [4.78, 5) is 29.6. The minimum atomic E-state index is -0.262. The molecule has 1 aliphatic heterocycles. The molecule has 3 aromatic rings. The van der Waals surface area contributed by atoms with E-state index in [2.05, 4.69) is 10.2 Å². The van der Waals surface area contributed by atoms with Crippen molar-refractivity contribution in [1.29, 1.82) is 0 Å². The van der Waals surface area contributed by atoms with Crippen molar-refractivity contribution in [3.05, 3.63) is 72.0 Å². The topological polar surface area (TPSA) is 61.9 Å². The fourth-order valence-corrected chi connectivity index (χ4v) is 4.14. The van der Waals surface area contributed by atoms with E-state index in [1.807, 2.05) is 36.4 Å². The van der Waals surface area contributed by atoms with Crippen LogP contribution in [-0.4, -0.2) is 55.5 Å². The fraction of sp³-hybridized carbons (Fsp3) is 0.308. The number of nitrogens with zero attached hydrogens (tertiary/aromatic N) is 2. The molecule has 0 spiro atoms. The second kappa shape index (κ2) is 9.10. The van der Waals surface area contributed by atoms with Gasteiger partial charge in [0, 0.05) is 37.9 Å². The molecule has 0 aromatic heterocycles. The summed E-state index contributed by atoms with van der Waals surface area (Å²) >= 11 is 0. The number of carbonyl (C=O) groups excluding carboxylic acids is 2. The van der Waals surface area contributed by atoms with Crippen LogP contribution in [0.1, 0.15) is 23.2 Å². The summed E-state index contributed by atoms with van der Waals surface area (Å²) < 4.78 is 19.1. The summed E-state index contributed by atoms with van der Waals surface area (Å²) in [6, 6.07) is 18.1. The average molecular weight is 448 g/mol. The molecule has 1 heterocycles. The fourth-order valence-electron chi connectivity index (χ4n) is 4.14. The number of anilines is 1. The smallest absolute Gasteiger partial charge is 0.258 e. The first-order valence-electron chi connectivity index (χ1n) is 11.3. The van der Waals surface area contributed by atoms with Crippen LogP contribution in [0.25, 0.3) is 10.8 Å². The quantitative estimate of drug-likeness (QED) is 0.627. The summed E-state index contributed by atoms with van der Waals surface area (Å²) in [5.74, 6) is -0.123. The zero-order valence-electron chi connectivity index (χ0n) is 18.3. The molecule has 1 saturated carbocycles. The molecule has 5 rings (SSSR count). The summed E-state index contributed by atoms with van der Waals surface area (Å²) in [6.07, 6.45) is 2.02. The van der Waals surface area contributed by atoms with Gasteiger partial charge in [0.2, 0.25) is 0 Å². The first kappa shape index (κ1) is 21.2. The molecule has 0 unspecified atom stereocenters. The minimum absolute atomic E-state index is 0.114. The Morgan fingerprint density at radius 2 is 1.61 bits per heavy atom. The Hall–Kier alpha value is -3.61. The normalized spacial score (nSPS) is 16.0. The number of benzene rings is 3. The third-order valence-electron chi connectivity index (χ3n) is 6.14. The standard InChI is InChI=1S/C26H26FN3O3/c27-20-5-9-22(10-6-20)29-11-13-30(14-12-29)26(32)23-15-18-3-1-2-4-19(18)16-24(23)33-17-25(31)28-21-7-8-21/h1-6,9-10,15-16,21H,7-8,11-14,17H2,(H,28,31). The largest absolute Gasteiger partial charge is 0.483 e. The van der Waals surface area contributed by atoms with Gasteiger partial charge in [0.15, 0.2) is 6.61 Å². The molecule has 0 bridgehead atoms. The number of amides is 2. The molecule has 0 atom stereocenters. The lowest BCUT2D eigenvalue weighted by Crippen LogP contribution is -2.48. The van der Waals surface area contributed by atoms with E-state index in [9.17, 15) is 14.0 Å². The van der Waals surface area contributed by atoms with Crippen LogP contribution in [0, 0.1) is 5.82 Å². The lowest BCUT2D eigenvalue weighted by atomic mass is 10.0. The summed E-state index contributed by atoms with van der Waals surface area (Å²) in [5.41, 5.74) is 1.41. The summed E-state index contributed by atoms with van der Waals surface area (Å²) in [7, 11) is 0. The number of fused-ring (bicyclic) bond motifs is 1. The summed E-state index contributed by atoms with van der Waals surface area (Å²) in [5, 5.41) is 4.81. The maximum Gasteiger partial charge on any atom is 0.258 e. The number of nitrogens with one attached hydrogen (secondary N) is 1. The van der Waals surface area contributed by atoms with Gasteiger partial charge in [0.05, 0.1) is 5.56 Å². The highest BCUT2D eigenvalue weighted by Gasteiger charge is 2.26. The van der Waals surface area contributed by atoms with Gasteiger partial charge in [-0.25, -0.2) is 4.39 Å². The van der Waals surface area contributed by atoms with Crippen molar-refractivity contribution in [3.8, 4) is 5.75 Å². The third-order valence-corrected chi connectivity index (χ3v) is 6.14. The van der Waals surface area contributed by atoms with Crippen LogP contribution in [0.3, 0.4) is 0 Å². The first-order chi connectivity index (χ1) is 16.1. The van der Waals surface area contributed by atoms with Gasteiger partial charge in [-0.05, 0) is 60.0 Å². The van der Waals surface area contributed by atoms with Crippen molar-refractivity contribution in [3.63, 3.8) is 0 Å². The Balaban J connectivity index is 1.32. The monoisotopic (exact) mass is 447 g/mol. The van der Waals surface area contributed by atoms with E-state index in [-0.39, 0.29) is 30.3 Å². The van der Waals surface area contributed by atoms with Gasteiger partial charge >= 0.3 is 0 Å². The molecule has 2 aliphatic rings. The molecule has 6 nitrogen and oxygen atoms in total. The molecule has 1 saturated heterocycles. The second-order valence-corrected chi connectivity index (χ2v) is 8.58. The van der Waals surface area contributed by atoms with Gasteiger partial charge in [-0.2, -0.15) is 0 Å². The Labute approximate surface area is 191 Å². The highest BCUT2D eigenvalue weighted by atomic mass is 19.1. The molecule has 1 N–H and O–H groups in total. The molecular weight excluding hydrogens is 421 g/mol. The van der Waals surface area contributed by atoms with E-state index >= 15 is 0 Å². The first-order valence-corrected chi connectivity index (χ1v) is 11.3. The zero-order chi connectivity index (χ0) is 22.8. The maximum absolute atomic E-state index is 13.5. The van der Waals surface area contributed by atoms with Gasteiger partial charge in [-0.1, -0.05) is 24.3 Å². The molecule has 2 fully saturated rings. The molecule has 2 amide bonds. The molecule has 1 aliphatic carbocycles. The number of piperazine rings is 1. The van der Waals surface area contributed by atoms with Gasteiger partial charge in [-0.3, -0.25) is 9.59 Å². The number of ether oxygens (including phenoxy) is 1. The van der Waals surface area contributed by atoms with Gasteiger partial charge in [0.1, 0.15) is 11.6 Å². The SMILES string of the molecule is O=C(COc1cc2ccccc2cc1C(=O)N1CCN(c2ccc(F)cc2)CC1)NC1CC1. The molecule has 7 heteroatoms. The van der Waals surface area contributed by atoms with Crippen LogP contribution in [0.5, 0.6) is 5.75 Å². The Kier molecular flexibility index (Phi) is 5.86. The molecule has 170 valence electrons. The van der Waals surface area contributed by atoms with E-state index in [1.165, 1.54) is 12.1 Å².